The minimum Gasteiger partial charge on any atom is -0.343 e. The van der Waals surface area contributed by atoms with Crippen LogP contribution in [0.15, 0.2) is 12.3 Å². The van der Waals surface area contributed by atoms with Gasteiger partial charge in [-0.15, -0.1) is 0 Å². The van der Waals surface area contributed by atoms with Gasteiger partial charge in [0.15, 0.2) is 5.82 Å². The number of rotatable bonds is 3. The van der Waals surface area contributed by atoms with Crippen LogP contribution in [0.25, 0.3) is 0 Å². The van der Waals surface area contributed by atoms with Gasteiger partial charge in [0.05, 0.1) is 10.6 Å². The molecule has 1 rings (SSSR count). The van der Waals surface area contributed by atoms with E-state index in [-0.39, 0.29) is 16.4 Å². The summed E-state index contributed by atoms with van der Waals surface area (Å²) in [5.74, 6) is 4.25. The Morgan fingerprint density at radius 1 is 1.53 bits per heavy atom. The lowest BCUT2D eigenvalue weighted by molar-refractivity contribution is -0.123. The van der Waals surface area contributed by atoms with Crippen molar-refractivity contribution in [2.45, 2.75) is 6.18 Å². The van der Waals surface area contributed by atoms with Crippen LogP contribution in [0.5, 0.6) is 0 Å². The summed E-state index contributed by atoms with van der Waals surface area (Å²) in [7, 11) is 0. The number of hydrazine groups is 1. The number of anilines is 1. The molecule has 4 N–H and O–H groups in total. The minimum absolute atomic E-state index is 0.0344. The third-order valence-electron chi connectivity index (χ3n) is 1.69. The minimum atomic E-state index is -4.47. The largest absolute Gasteiger partial charge is 0.405 e. The van der Waals surface area contributed by atoms with Crippen molar-refractivity contribution < 1.29 is 18.0 Å². The van der Waals surface area contributed by atoms with Crippen molar-refractivity contribution in [3.8, 4) is 0 Å². The monoisotopic (exact) mass is 268 g/mol. The number of hydrogen-bond donors (Lipinski definition) is 3. The molecule has 0 aliphatic rings. The summed E-state index contributed by atoms with van der Waals surface area (Å²) >= 11 is 5.66. The zero-order chi connectivity index (χ0) is 13.1. The van der Waals surface area contributed by atoms with Gasteiger partial charge in [-0.1, -0.05) is 11.6 Å². The molecular weight excluding hydrogens is 261 g/mol. The Balaban J connectivity index is 2.73. The highest BCUT2D eigenvalue weighted by molar-refractivity contribution is 6.33. The summed E-state index contributed by atoms with van der Waals surface area (Å²) in [5.41, 5.74) is 2.08. The molecule has 1 amide bonds. The summed E-state index contributed by atoms with van der Waals surface area (Å²) in [6.07, 6.45) is -3.40. The van der Waals surface area contributed by atoms with Gasteiger partial charge in [0.1, 0.15) is 6.54 Å². The van der Waals surface area contributed by atoms with Crippen LogP contribution in [-0.2, 0) is 0 Å². The molecule has 17 heavy (non-hydrogen) atoms. The standard InChI is InChI=1S/C8H8ClF3N4O/c9-5-1-4(2-14-6(5)16-13)7(17)15-3-8(10,11)12/h1-2H,3,13H2,(H,14,16)(H,15,17). The van der Waals surface area contributed by atoms with E-state index < -0.39 is 18.6 Å². The van der Waals surface area contributed by atoms with Gasteiger partial charge in [-0.05, 0) is 6.07 Å². The maximum Gasteiger partial charge on any atom is 0.405 e. The fourth-order valence-electron chi connectivity index (χ4n) is 0.951. The number of carbonyl (C=O) groups excluding carboxylic acids is 1. The highest BCUT2D eigenvalue weighted by atomic mass is 35.5. The highest BCUT2D eigenvalue weighted by Gasteiger charge is 2.28. The summed E-state index contributed by atoms with van der Waals surface area (Å²) in [6.45, 7) is -1.42. The lowest BCUT2D eigenvalue weighted by Gasteiger charge is -2.09. The van der Waals surface area contributed by atoms with E-state index in [9.17, 15) is 18.0 Å². The van der Waals surface area contributed by atoms with Gasteiger partial charge in [0.2, 0.25) is 0 Å². The van der Waals surface area contributed by atoms with Gasteiger partial charge >= 0.3 is 6.18 Å². The first-order valence-electron chi connectivity index (χ1n) is 4.30. The molecule has 0 saturated heterocycles. The smallest absolute Gasteiger partial charge is 0.343 e. The number of halogens is 4. The molecule has 94 valence electrons. The van der Waals surface area contributed by atoms with Crippen LogP contribution in [0.3, 0.4) is 0 Å². The molecule has 0 radical (unpaired) electrons. The zero-order valence-electron chi connectivity index (χ0n) is 8.31. The molecule has 0 saturated carbocycles. The van der Waals surface area contributed by atoms with Crippen LogP contribution >= 0.6 is 11.6 Å². The van der Waals surface area contributed by atoms with Crippen LogP contribution in [-0.4, -0.2) is 23.6 Å². The van der Waals surface area contributed by atoms with Gasteiger partial charge in [-0.25, -0.2) is 10.8 Å². The number of pyridine rings is 1. The molecule has 0 unspecified atom stereocenters. The van der Waals surface area contributed by atoms with Crippen molar-refractivity contribution >= 4 is 23.3 Å². The van der Waals surface area contributed by atoms with Crippen LogP contribution in [0, 0.1) is 0 Å². The number of nitrogen functional groups attached to an aromatic ring is 1. The Morgan fingerprint density at radius 2 is 2.18 bits per heavy atom. The van der Waals surface area contributed by atoms with Crippen molar-refractivity contribution in [2.24, 2.45) is 5.84 Å². The van der Waals surface area contributed by atoms with Crippen LogP contribution in [0.4, 0.5) is 19.0 Å². The third kappa shape index (κ3) is 4.08. The number of carbonyl (C=O) groups is 1. The van der Waals surface area contributed by atoms with Crippen molar-refractivity contribution in [3.63, 3.8) is 0 Å². The fourth-order valence-corrected chi connectivity index (χ4v) is 1.17. The van der Waals surface area contributed by atoms with E-state index in [2.05, 4.69) is 10.4 Å². The number of alkyl halides is 3. The van der Waals surface area contributed by atoms with E-state index in [0.29, 0.717) is 0 Å². The second kappa shape index (κ2) is 5.19. The van der Waals surface area contributed by atoms with E-state index in [0.717, 1.165) is 12.3 Å². The van der Waals surface area contributed by atoms with Crippen LogP contribution in [0.1, 0.15) is 10.4 Å². The topological polar surface area (TPSA) is 80.0 Å². The highest BCUT2D eigenvalue weighted by Crippen LogP contribution is 2.19. The maximum atomic E-state index is 11.8. The lowest BCUT2D eigenvalue weighted by atomic mass is 10.2. The van der Waals surface area contributed by atoms with Crippen LogP contribution in [0.2, 0.25) is 5.02 Å². The molecule has 5 nitrogen and oxygen atoms in total. The van der Waals surface area contributed by atoms with E-state index in [1.165, 1.54) is 0 Å². The first kappa shape index (κ1) is 13.5. The predicted octanol–water partition coefficient (Wildman–Crippen LogP) is 1.31. The van der Waals surface area contributed by atoms with Crippen molar-refractivity contribution in [1.29, 1.82) is 0 Å². The van der Waals surface area contributed by atoms with E-state index in [1.54, 1.807) is 5.32 Å². The summed E-state index contributed by atoms with van der Waals surface area (Å²) in [4.78, 5) is 14.9. The van der Waals surface area contributed by atoms with E-state index in [1.807, 2.05) is 0 Å². The molecule has 0 aliphatic carbocycles. The number of amides is 1. The van der Waals surface area contributed by atoms with E-state index in [4.69, 9.17) is 17.4 Å². The van der Waals surface area contributed by atoms with Gasteiger partial charge < -0.3 is 10.7 Å². The molecule has 0 aliphatic heterocycles. The van der Waals surface area contributed by atoms with Gasteiger partial charge in [-0.3, -0.25) is 4.79 Å². The van der Waals surface area contributed by atoms with Gasteiger partial charge in [0.25, 0.3) is 5.91 Å². The SMILES string of the molecule is NNc1ncc(C(=O)NCC(F)(F)F)cc1Cl. The summed E-state index contributed by atoms with van der Waals surface area (Å²) in [5, 5.41) is 1.72. The molecule has 0 aromatic carbocycles. The first-order chi connectivity index (χ1) is 7.83. The fraction of sp³-hybridized carbons (Fsp3) is 0.250. The Labute approximate surface area is 99.1 Å². The number of nitrogens with two attached hydrogens (primary N) is 1. The molecule has 1 heterocycles. The van der Waals surface area contributed by atoms with Crippen LogP contribution < -0.4 is 16.6 Å². The molecule has 0 bridgehead atoms. The second-order valence-electron chi connectivity index (χ2n) is 3.00. The van der Waals surface area contributed by atoms with Crippen molar-refractivity contribution in [1.82, 2.24) is 10.3 Å². The average Bonchev–Trinajstić information content (AvgIpc) is 2.24. The molecule has 0 fully saturated rings. The van der Waals surface area contributed by atoms with Gasteiger partial charge in [0, 0.05) is 6.20 Å². The molecular formula is C8H8ClF3N4O. The third-order valence-corrected chi connectivity index (χ3v) is 1.98. The maximum absolute atomic E-state index is 11.8. The lowest BCUT2D eigenvalue weighted by Crippen LogP contribution is -2.33. The second-order valence-corrected chi connectivity index (χ2v) is 3.40. The molecule has 1 aromatic rings. The molecule has 1 aromatic heterocycles. The predicted molar refractivity (Wildman–Crippen MR) is 55.4 cm³/mol. The quantitative estimate of drug-likeness (QED) is 0.570. The molecule has 0 spiro atoms. The number of aromatic nitrogens is 1. The number of nitrogens with one attached hydrogen (secondary N) is 2. The zero-order valence-corrected chi connectivity index (χ0v) is 9.06. The first-order valence-corrected chi connectivity index (χ1v) is 4.68. The van der Waals surface area contributed by atoms with Crippen molar-refractivity contribution in [2.75, 3.05) is 12.0 Å². The Morgan fingerprint density at radius 3 is 2.65 bits per heavy atom. The Kier molecular flexibility index (Phi) is 4.13. The molecule has 9 heteroatoms. The van der Waals surface area contributed by atoms with Crippen molar-refractivity contribution in [3.05, 3.63) is 22.8 Å². The summed E-state index contributed by atoms with van der Waals surface area (Å²) < 4.78 is 35.5. The average molecular weight is 269 g/mol. The number of nitrogens with zero attached hydrogens (tertiary/aromatic N) is 1. The Bertz CT molecular complexity index is 424. The molecule has 0 atom stereocenters. The summed E-state index contributed by atoms with van der Waals surface area (Å²) in [6, 6.07) is 1.16. The Hall–Kier alpha value is -1.54. The van der Waals surface area contributed by atoms with Gasteiger partial charge in [-0.2, -0.15) is 13.2 Å². The van der Waals surface area contributed by atoms with E-state index >= 15 is 0 Å². The normalized spacial score (nSPS) is 11.1. The number of hydrogen-bond acceptors (Lipinski definition) is 4.